The van der Waals surface area contributed by atoms with Gasteiger partial charge in [0.2, 0.25) is 0 Å². The van der Waals surface area contributed by atoms with Crippen molar-refractivity contribution >= 4 is 17.3 Å². The fraction of sp³-hybridized carbons (Fsp3) is 0.182. The van der Waals surface area contributed by atoms with Crippen molar-refractivity contribution in [3.8, 4) is 5.69 Å². The van der Waals surface area contributed by atoms with Crippen molar-refractivity contribution < 1.29 is 13.2 Å². The molecule has 0 amide bonds. The van der Waals surface area contributed by atoms with Crippen molar-refractivity contribution in [1.82, 2.24) is 9.78 Å². The van der Waals surface area contributed by atoms with Gasteiger partial charge in [-0.05, 0) is 25.1 Å². The van der Waals surface area contributed by atoms with Gasteiger partial charge in [0.25, 0.3) is 0 Å². The van der Waals surface area contributed by atoms with Crippen LogP contribution in [-0.2, 0) is 6.18 Å². The predicted octanol–water partition coefficient (Wildman–Crippen LogP) is 3.44. The van der Waals surface area contributed by atoms with Crippen LogP contribution in [0, 0.1) is 6.92 Å². The lowest BCUT2D eigenvalue weighted by Crippen LogP contribution is -2.08. The Morgan fingerprint density at radius 3 is 2.44 bits per heavy atom. The maximum atomic E-state index is 12.6. The third kappa shape index (κ3) is 2.43. The zero-order valence-electron chi connectivity index (χ0n) is 9.29. The first kappa shape index (κ1) is 12.8. The first-order valence-corrected chi connectivity index (χ1v) is 5.35. The van der Waals surface area contributed by atoms with Gasteiger partial charge in [0.05, 0.1) is 22.0 Å². The maximum Gasteiger partial charge on any atom is 0.416 e. The van der Waals surface area contributed by atoms with Crippen LogP contribution in [0.1, 0.15) is 11.3 Å². The average Bonchev–Trinajstić information content (AvgIpc) is 2.57. The highest BCUT2D eigenvalue weighted by molar-refractivity contribution is 6.31. The van der Waals surface area contributed by atoms with Gasteiger partial charge in [-0.1, -0.05) is 11.6 Å². The van der Waals surface area contributed by atoms with E-state index in [1.54, 1.807) is 6.92 Å². The lowest BCUT2D eigenvalue weighted by atomic mass is 10.1. The molecule has 18 heavy (non-hydrogen) atoms. The summed E-state index contributed by atoms with van der Waals surface area (Å²) < 4.78 is 39.2. The van der Waals surface area contributed by atoms with Crippen LogP contribution in [0.2, 0.25) is 5.02 Å². The molecule has 96 valence electrons. The van der Waals surface area contributed by atoms with Crippen LogP contribution in [0.3, 0.4) is 0 Å². The number of nitrogen functional groups attached to an aromatic ring is 1. The minimum Gasteiger partial charge on any atom is -0.399 e. The van der Waals surface area contributed by atoms with E-state index >= 15 is 0 Å². The molecule has 1 aromatic heterocycles. The summed E-state index contributed by atoms with van der Waals surface area (Å²) in [4.78, 5) is 0. The maximum absolute atomic E-state index is 12.6. The number of alkyl halides is 3. The second-order valence-corrected chi connectivity index (χ2v) is 4.23. The quantitative estimate of drug-likeness (QED) is 0.810. The normalized spacial score (nSPS) is 11.8. The van der Waals surface area contributed by atoms with Crippen LogP contribution >= 0.6 is 11.6 Å². The standard InChI is InChI=1S/C11H9ClF3N3/c1-6-10(12)5-18(17-6)9-3-7(11(13,14)15)2-8(16)4-9/h2-5H,16H2,1H3. The minimum atomic E-state index is -4.45. The number of benzene rings is 1. The van der Waals surface area contributed by atoms with Crippen molar-refractivity contribution in [2.24, 2.45) is 0 Å². The Labute approximate surface area is 106 Å². The van der Waals surface area contributed by atoms with E-state index in [4.69, 9.17) is 17.3 Å². The van der Waals surface area contributed by atoms with Gasteiger partial charge in [-0.15, -0.1) is 0 Å². The number of nitrogens with zero attached hydrogens (tertiary/aromatic N) is 2. The predicted molar refractivity (Wildman–Crippen MR) is 62.7 cm³/mol. The van der Waals surface area contributed by atoms with E-state index in [0.717, 1.165) is 12.1 Å². The molecule has 0 fully saturated rings. The summed E-state index contributed by atoms with van der Waals surface area (Å²) in [5.41, 5.74) is 5.42. The first-order chi connectivity index (χ1) is 8.27. The van der Waals surface area contributed by atoms with Crippen LogP contribution in [0.4, 0.5) is 18.9 Å². The molecule has 2 aromatic rings. The number of aryl methyl sites for hydroxylation is 1. The molecule has 2 rings (SSSR count). The van der Waals surface area contributed by atoms with E-state index in [2.05, 4.69) is 5.10 Å². The molecule has 0 saturated heterocycles. The molecule has 0 aliphatic carbocycles. The Hall–Kier alpha value is -1.69. The van der Waals surface area contributed by atoms with Crippen LogP contribution < -0.4 is 5.73 Å². The lowest BCUT2D eigenvalue weighted by Gasteiger charge is -2.10. The Morgan fingerprint density at radius 2 is 1.94 bits per heavy atom. The largest absolute Gasteiger partial charge is 0.416 e. The molecule has 0 aliphatic rings. The topological polar surface area (TPSA) is 43.8 Å². The van der Waals surface area contributed by atoms with Crippen LogP contribution in [0.25, 0.3) is 5.69 Å². The summed E-state index contributed by atoms with van der Waals surface area (Å²) in [7, 11) is 0. The molecule has 0 atom stereocenters. The number of hydrogen-bond donors (Lipinski definition) is 1. The molecule has 1 aromatic carbocycles. The zero-order chi connectivity index (χ0) is 13.5. The van der Waals surface area contributed by atoms with Gasteiger partial charge < -0.3 is 5.73 Å². The molecule has 0 saturated carbocycles. The van der Waals surface area contributed by atoms with Crippen LogP contribution in [0.15, 0.2) is 24.4 Å². The third-order valence-electron chi connectivity index (χ3n) is 2.37. The second-order valence-electron chi connectivity index (χ2n) is 3.82. The molecule has 0 radical (unpaired) electrons. The molecule has 0 bridgehead atoms. The molecule has 0 unspecified atom stereocenters. The van der Waals surface area contributed by atoms with Gasteiger partial charge in [-0.3, -0.25) is 0 Å². The molecule has 1 heterocycles. The van der Waals surface area contributed by atoms with E-state index < -0.39 is 11.7 Å². The minimum absolute atomic E-state index is 0.0177. The van der Waals surface area contributed by atoms with E-state index in [-0.39, 0.29) is 11.4 Å². The van der Waals surface area contributed by atoms with E-state index in [1.165, 1.54) is 16.9 Å². The van der Waals surface area contributed by atoms with Crippen molar-refractivity contribution in [3.05, 3.63) is 40.7 Å². The van der Waals surface area contributed by atoms with Gasteiger partial charge in [-0.25, -0.2) is 4.68 Å². The highest BCUT2D eigenvalue weighted by Crippen LogP contribution is 2.32. The molecule has 0 spiro atoms. The van der Waals surface area contributed by atoms with Gasteiger partial charge in [0.1, 0.15) is 0 Å². The third-order valence-corrected chi connectivity index (χ3v) is 2.74. The van der Waals surface area contributed by atoms with E-state index in [1.807, 2.05) is 0 Å². The Bertz CT molecular complexity index is 570. The Kier molecular flexibility index (Phi) is 2.98. The van der Waals surface area contributed by atoms with Gasteiger partial charge in [0, 0.05) is 11.9 Å². The first-order valence-electron chi connectivity index (χ1n) is 4.97. The van der Waals surface area contributed by atoms with Gasteiger partial charge in [0.15, 0.2) is 0 Å². The van der Waals surface area contributed by atoms with Crippen molar-refractivity contribution in [2.75, 3.05) is 5.73 Å². The highest BCUT2D eigenvalue weighted by Gasteiger charge is 2.31. The monoisotopic (exact) mass is 275 g/mol. The summed E-state index contributed by atoms with van der Waals surface area (Å²) in [5.74, 6) is 0. The molecule has 3 nitrogen and oxygen atoms in total. The number of aromatic nitrogens is 2. The second kappa shape index (κ2) is 4.20. The number of anilines is 1. The molecule has 0 aliphatic heterocycles. The fourth-order valence-corrected chi connectivity index (χ4v) is 1.63. The Morgan fingerprint density at radius 1 is 1.28 bits per heavy atom. The number of hydrogen-bond acceptors (Lipinski definition) is 2. The molecular formula is C11H9ClF3N3. The Balaban J connectivity index is 2.55. The number of halogens is 4. The van der Waals surface area contributed by atoms with Crippen LogP contribution in [-0.4, -0.2) is 9.78 Å². The summed E-state index contributed by atoms with van der Waals surface area (Å²) in [6.07, 6.45) is -3.01. The number of rotatable bonds is 1. The van der Waals surface area contributed by atoms with E-state index in [0.29, 0.717) is 10.7 Å². The molecule has 7 heteroatoms. The fourth-order valence-electron chi connectivity index (χ4n) is 1.50. The summed E-state index contributed by atoms with van der Waals surface area (Å²) in [5, 5.41) is 4.39. The average molecular weight is 276 g/mol. The molecular weight excluding hydrogens is 267 g/mol. The van der Waals surface area contributed by atoms with Crippen LogP contribution in [0.5, 0.6) is 0 Å². The van der Waals surface area contributed by atoms with Crippen molar-refractivity contribution in [2.45, 2.75) is 13.1 Å². The number of nitrogens with two attached hydrogens (primary N) is 1. The van der Waals surface area contributed by atoms with Gasteiger partial charge >= 0.3 is 6.18 Å². The van der Waals surface area contributed by atoms with E-state index in [9.17, 15) is 13.2 Å². The summed E-state index contributed by atoms with van der Waals surface area (Å²) >= 11 is 5.81. The summed E-state index contributed by atoms with van der Waals surface area (Å²) in [6, 6.07) is 3.25. The highest BCUT2D eigenvalue weighted by atomic mass is 35.5. The van der Waals surface area contributed by atoms with Crippen molar-refractivity contribution in [1.29, 1.82) is 0 Å². The molecule has 2 N–H and O–H groups in total. The summed E-state index contributed by atoms with van der Waals surface area (Å²) in [6.45, 7) is 1.66. The van der Waals surface area contributed by atoms with Gasteiger partial charge in [-0.2, -0.15) is 18.3 Å². The van der Waals surface area contributed by atoms with Crippen molar-refractivity contribution in [3.63, 3.8) is 0 Å². The zero-order valence-corrected chi connectivity index (χ0v) is 10.0. The SMILES string of the molecule is Cc1nn(-c2cc(N)cc(C(F)(F)F)c2)cc1Cl. The lowest BCUT2D eigenvalue weighted by molar-refractivity contribution is -0.137. The smallest absolute Gasteiger partial charge is 0.399 e.